The Bertz CT molecular complexity index is 890. The third kappa shape index (κ3) is 4.59. The van der Waals surface area contributed by atoms with Gasteiger partial charge in [-0.3, -0.25) is 0 Å². The van der Waals surface area contributed by atoms with Gasteiger partial charge < -0.3 is 14.6 Å². The van der Waals surface area contributed by atoms with Gasteiger partial charge in [-0.15, -0.1) is 11.3 Å². The van der Waals surface area contributed by atoms with Crippen LogP contribution in [0.1, 0.15) is 16.8 Å². The zero-order chi connectivity index (χ0) is 17.8. The summed E-state index contributed by atoms with van der Waals surface area (Å²) in [6.07, 6.45) is -0.164. The van der Waals surface area contributed by atoms with Crippen molar-refractivity contribution in [2.24, 2.45) is 0 Å². The van der Waals surface area contributed by atoms with Crippen LogP contribution in [0.4, 0.5) is 0 Å². The van der Waals surface area contributed by atoms with E-state index in [-0.39, 0.29) is 6.42 Å². The van der Waals surface area contributed by atoms with Crippen LogP contribution in [-0.4, -0.2) is 11.0 Å². The van der Waals surface area contributed by atoms with E-state index in [4.69, 9.17) is 16.3 Å². The number of ether oxygens (including phenoxy) is 1. The number of nitrogens with zero attached hydrogens (tertiary/aromatic N) is 1. The number of benzene rings is 2. The van der Waals surface area contributed by atoms with E-state index >= 15 is 0 Å². The van der Waals surface area contributed by atoms with Crippen molar-refractivity contribution in [1.82, 2.24) is 4.98 Å². The van der Waals surface area contributed by atoms with Gasteiger partial charge >= 0.3 is 0 Å². The minimum Gasteiger partial charge on any atom is -0.550 e. The second kappa shape index (κ2) is 7.68. The van der Waals surface area contributed by atoms with Crippen molar-refractivity contribution in [3.05, 3.63) is 69.7 Å². The summed E-state index contributed by atoms with van der Waals surface area (Å²) in [5, 5.41) is 13.9. The van der Waals surface area contributed by atoms with E-state index in [0.717, 1.165) is 32.5 Å². The Kier molecular flexibility index (Phi) is 5.36. The summed E-state index contributed by atoms with van der Waals surface area (Å²) < 4.78 is 5.78. The van der Waals surface area contributed by atoms with Crippen LogP contribution in [0, 0.1) is 6.92 Å². The quantitative estimate of drug-likeness (QED) is 0.662. The van der Waals surface area contributed by atoms with Gasteiger partial charge in [0.25, 0.3) is 0 Å². The van der Waals surface area contributed by atoms with E-state index < -0.39 is 5.97 Å². The molecule has 3 aromatic rings. The Morgan fingerprint density at radius 1 is 1.24 bits per heavy atom. The largest absolute Gasteiger partial charge is 0.550 e. The molecule has 0 unspecified atom stereocenters. The van der Waals surface area contributed by atoms with Crippen molar-refractivity contribution in [1.29, 1.82) is 0 Å². The van der Waals surface area contributed by atoms with E-state index in [2.05, 4.69) is 4.98 Å². The summed E-state index contributed by atoms with van der Waals surface area (Å²) in [5.74, 6) is -0.348. The smallest absolute Gasteiger partial charge is 0.123 e. The van der Waals surface area contributed by atoms with Crippen LogP contribution in [0.5, 0.6) is 5.75 Å². The molecule has 6 heteroatoms. The molecular weight excluding hydrogens is 358 g/mol. The molecule has 2 aromatic carbocycles. The Labute approximate surface area is 154 Å². The monoisotopic (exact) mass is 372 g/mol. The molecule has 0 aliphatic carbocycles. The van der Waals surface area contributed by atoms with Crippen LogP contribution in [0.2, 0.25) is 5.02 Å². The third-order valence-electron chi connectivity index (χ3n) is 3.61. The van der Waals surface area contributed by atoms with E-state index in [0.29, 0.717) is 12.3 Å². The summed E-state index contributed by atoms with van der Waals surface area (Å²) in [4.78, 5) is 14.9. The summed E-state index contributed by atoms with van der Waals surface area (Å²) in [7, 11) is 0. The molecule has 128 valence electrons. The van der Waals surface area contributed by atoms with Crippen LogP contribution >= 0.6 is 22.9 Å². The number of carboxylic acid groups (broad SMARTS) is 1. The number of thiazole rings is 1. The van der Waals surface area contributed by atoms with Crippen LogP contribution in [0.15, 0.2) is 47.8 Å². The van der Waals surface area contributed by atoms with Crippen molar-refractivity contribution < 1.29 is 14.6 Å². The molecule has 0 spiro atoms. The number of rotatable bonds is 6. The number of hydrogen-bond acceptors (Lipinski definition) is 5. The molecule has 0 aliphatic rings. The molecule has 0 aliphatic heterocycles. The van der Waals surface area contributed by atoms with Gasteiger partial charge in [0.05, 0.1) is 5.69 Å². The molecule has 4 nitrogen and oxygen atoms in total. The number of aryl methyl sites for hydroxylation is 1. The molecule has 1 aromatic heterocycles. The maximum Gasteiger partial charge on any atom is 0.123 e. The van der Waals surface area contributed by atoms with Crippen molar-refractivity contribution in [2.75, 3.05) is 0 Å². The fourth-order valence-corrected chi connectivity index (χ4v) is 3.23. The SMILES string of the molecule is Cc1cc(OCc2ccc(-c3nc(CC(=O)[O-])cs3)cc2)ccc1Cl. The Hall–Kier alpha value is -2.37. The van der Waals surface area contributed by atoms with Gasteiger partial charge in [0.15, 0.2) is 0 Å². The molecule has 0 atom stereocenters. The minimum absolute atomic E-state index is 0.164. The number of hydrogen-bond donors (Lipinski definition) is 0. The number of aliphatic carboxylic acids is 1. The summed E-state index contributed by atoms with van der Waals surface area (Å²) in [6, 6.07) is 13.4. The minimum atomic E-state index is -1.12. The second-order valence-electron chi connectivity index (χ2n) is 5.59. The highest BCUT2D eigenvalue weighted by Gasteiger charge is 2.06. The van der Waals surface area contributed by atoms with Gasteiger partial charge in [0.2, 0.25) is 0 Å². The molecule has 0 fully saturated rings. The number of carbonyl (C=O) groups excluding carboxylic acids is 1. The first-order valence-electron chi connectivity index (χ1n) is 7.64. The first kappa shape index (κ1) is 17.5. The zero-order valence-electron chi connectivity index (χ0n) is 13.5. The second-order valence-corrected chi connectivity index (χ2v) is 6.85. The van der Waals surface area contributed by atoms with Gasteiger partial charge in [0, 0.05) is 28.4 Å². The lowest BCUT2D eigenvalue weighted by Gasteiger charge is -2.08. The lowest BCUT2D eigenvalue weighted by Crippen LogP contribution is -2.24. The van der Waals surface area contributed by atoms with Gasteiger partial charge in [0.1, 0.15) is 17.4 Å². The van der Waals surface area contributed by atoms with E-state index in [9.17, 15) is 9.90 Å². The van der Waals surface area contributed by atoms with E-state index in [1.54, 1.807) is 5.38 Å². The summed E-state index contributed by atoms with van der Waals surface area (Å²) >= 11 is 7.42. The van der Waals surface area contributed by atoms with Gasteiger partial charge in [-0.1, -0.05) is 35.9 Å². The maximum absolute atomic E-state index is 10.6. The fraction of sp³-hybridized carbons (Fsp3) is 0.158. The van der Waals surface area contributed by atoms with E-state index in [1.807, 2.05) is 49.4 Å². The standard InChI is InChI=1S/C19H16ClNO3S/c1-12-8-16(6-7-17(12)20)24-10-13-2-4-14(5-3-13)19-21-15(11-25-19)9-18(22)23/h2-8,11H,9-10H2,1H3,(H,22,23)/p-1. The molecule has 0 bridgehead atoms. The number of carboxylic acids is 1. The molecule has 0 saturated heterocycles. The predicted octanol–water partition coefficient (Wildman–Crippen LogP) is 3.64. The average Bonchev–Trinajstić information content (AvgIpc) is 3.04. The molecule has 0 N–H and O–H groups in total. The van der Waals surface area contributed by atoms with Crippen molar-refractivity contribution in [2.45, 2.75) is 20.0 Å². The highest BCUT2D eigenvalue weighted by Crippen LogP contribution is 2.25. The van der Waals surface area contributed by atoms with Gasteiger partial charge in [-0.05, 0) is 36.2 Å². The highest BCUT2D eigenvalue weighted by molar-refractivity contribution is 7.13. The van der Waals surface area contributed by atoms with Crippen molar-refractivity contribution >= 4 is 28.9 Å². The zero-order valence-corrected chi connectivity index (χ0v) is 15.1. The van der Waals surface area contributed by atoms with Gasteiger partial charge in [-0.2, -0.15) is 0 Å². The summed E-state index contributed by atoms with van der Waals surface area (Å²) in [6.45, 7) is 2.39. The summed E-state index contributed by atoms with van der Waals surface area (Å²) in [5.41, 5.74) is 3.47. The first-order chi connectivity index (χ1) is 12.0. The molecule has 1 heterocycles. The number of aromatic nitrogens is 1. The normalized spacial score (nSPS) is 10.6. The molecule has 0 radical (unpaired) electrons. The molecule has 0 saturated carbocycles. The Morgan fingerprint density at radius 2 is 2.00 bits per heavy atom. The van der Waals surface area contributed by atoms with Crippen molar-refractivity contribution in [3.8, 4) is 16.3 Å². The molecular formula is C19H15ClNO3S-. The number of halogens is 1. The molecule has 0 amide bonds. The Morgan fingerprint density at radius 3 is 2.68 bits per heavy atom. The van der Waals surface area contributed by atoms with Crippen LogP contribution in [0.25, 0.3) is 10.6 Å². The maximum atomic E-state index is 10.6. The topological polar surface area (TPSA) is 62.2 Å². The highest BCUT2D eigenvalue weighted by atomic mass is 35.5. The van der Waals surface area contributed by atoms with Crippen LogP contribution in [0.3, 0.4) is 0 Å². The fourth-order valence-electron chi connectivity index (χ4n) is 2.29. The average molecular weight is 373 g/mol. The van der Waals surface area contributed by atoms with Crippen LogP contribution < -0.4 is 9.84 Å². The molecule has 25 heavy (non-hydrogen) atoms. The third-order valence-corrected chi connectivity index (χ3v) is 4.98. The predicted molar refractivity (Wildman–Crippen MR) is 96.8 cm³/mol. The lowest BCUT2D eigenvalue weighted by atomic mass is 10.1. The first-order valence-corrected chi connectivity index (χ1v) is 8.89. The van der Waals surface area contributed by atoms with E-state index in [1.165, 1.54) is 11.3 Å². The van der Waals surface area contributed by atoms with Crippen molar-refractivity contribution in [3.63, 3.8) is 0 Å². The van der Waals surface area contributed by atoms with Crippen LogP contribution in [-0.2, 0) is 17.8 Å². The molecule has 3 rings (SSSR count). The Balaban J connectivity index is 1.64. The lowest BCUT2D eigenvalue weighted by molar-refractivity contribution is -0.304. The van der Waals surface area contributed by atoms with Gasteiger partial charge in [-0.25, -0.2) is 4.98 Å². The number of carbonyl (C=O) groups is 1.